The molecule has 0 atom stereocenters. The van der Waals surface area contributed by atoms with Gasteiger partial charge in [-0.1, -0.05) is 36.4 Å². The Morgan fingerprint density at radius 1 is 1.21 bits per heavy atom. The molecule has 2 aromatic rings. The Bertz CT molecular complexity index is 560. The minimum atomic E-state index is 0.317. The van der Waals surface area contributed by atoms with Gasteiger partial charge in [0.05, 0.1) is 0 Å². The second kappa shape index (κ2) is 7.43. The number of hydrogen-bond acceptors (Lipinski definition) is 8. The van der Waals surface area contributed by atoms with E-state index in [9.17, 15) is 0 Å². The first-order valence-corrected chi connectivity index (χ1v) is 8.31. The van der Waals surface area contributed by atoms with E-state index < -0.39 is 0 Å². The van der Waals surface area contributed by atoms with Crippen molar-refractivity contribution in [3.63, 3.8) is 0 Å². The molecule has 2 heterocycles. The van der Waals surface area contributed by atoms with Crippen LogP contribution in [0.2, 0.25) is 0 Å². The molecule has 0 amide bonds. The van der Waals surface area contributed by atoms with Crippen molar-refractivity contribution in [1.29, 1.82) is 5.26 Å². The van der Waals surface area contributed by atoms with Gasteiger partial charge in [0, 0.05) is 5.75 Å². The Kier molecular flexibility index (Phi) is 5.57. The van der Waals surface area contributed by atoms with E-state index >= 15 is 0 Å². The highest BCUT2D eigenvalue weighted by Gasteiger charge is 2.07. The van der Waals surface area contributed by atoms with E-state index in [4.69, 9.17) is 5.26 Å². The number of unbranched alkanes of at least 4 members (excludes halogenated alkanes) is 1. The van der Waals surface area contributed by atoms with Gasteiger partial charge in [-0.25, -0.2) is 0 Å². The predicted octanol–water partition coefficient (Wildman–Crippen LogP) is 3.24. The van der Waals surface area contributed by atoms with Crippen LogP contribution in [0.5, 0.6) is 0 Å². The van der Waals surface area contributed by atoms with Crippen LogP contribution in [0, 0.1) is 11.3 Å². The number of nitriles is 1. The molecule has 0 saturated heterocycles. The molecule has 0 spiro atoms. The summed E-state index contributed by atoms with van der Waals surface area (Å²) in [5, 5.41) is 25.3. The maximum absolute atomic E-state index is 8.64. The van der Waals surface area contributed by atoms with Crippen LogP contribution < -0.4 is 0 Å². The van der Waals surface area contributed by atoms with Crippen molar-refractivity contribution < 1.29 is 0 Å². The monoisotopic (exact) mass is 309 g/mol. The van der Waals surface area contributed by atoms with E-state index in [0.717, 1.165) is 19.5 Å². The number of thioether (sulfide) groups is 1. The average molecular weight is 309 g/mol. The summed E-state index contributed by atoms with van der Waals surface area (Å²) < 4.78 is 1.83. The van der Waals surface area contributed by atoms with Gasteiger partial charge in [-0.3, -0.25) is 0 Å². The summed E-state index contributed by atoms with van der Waals surface area (Å²) in [6, 6.07) is 5.35. The molecule has 0 N–H and O–H groups in total. The molecular weight excluding hydrogens is 298 g/mol. The first-order valence-electron chi connectivity index (χ1n) is 5.70. The molecule has 0 aliphatic rings. The molecule has 0 aliphatic heterocycles. The van der Waals surface area contributed by atoms with Crippen LogP contribution in [0.15, 0.2) is 25.8 Å². The lowest BCUT2D eigenvalue weighted by atomic mass is 10.4. The molecule has 0 unspecified atom stereocenters. The topological polar surface area (TPSA) is 75.3 Å². The Morgan fingerprint density at radius 3 is 2.74 bits per heavy atom. The number of hydrogen-bond donors (Lipinski definition) is 0. The van der Waals surface area contributed by atoms with Crippen LogP contribution in [0.1, 0.15) is 25.5 Å². The fraction of sp³-hybridized carbons (Fsp3) is 0.364. The van der Waals surface area contributed by atoms with Gasteiger partial charge in [0.1, 0.15) is 11.1 Å². The van der Waals surface area contributed by atoms with Crippen molar-refractivity contribution >= 4 is 34.9 Å². The van der Waals surface area contributed by atoms with Crippen molar-refractivity contribution in [2.45, 2.75) is 33.5 Å². The lowest BCUT2D eigenvalue weighted by Gasteiger charge is -1.94. The lowest BCUT2D eigenvalue weighted by Crippen LogP contribution is -1.88. The summed E-state index contributed by atoms with van der Waals surface area (Å²) in [6.07, 6.45) is 2.38. The smallest absolute Gasteiger partial charge is 0.181 e. The van der Waals surface area contributed by atoms with Crippen LogP contribution >= 0.6 is 34.9 Å². The Balaban J connectivity index is 1.93. The summed E-state index contributed by atoms with van der Waals surface area (Å²) in [5.74, 6) is 1.08. The van der Waals surface area contributed by atoms with Crippen LogP contribution in [0.4, 0.5) is 0 Å². The summed E-state index contributed by atoms with van der Waals surface area (Å²) in [4.78, 5) is 0. The third-order valence-electron chi connectivity index (χ3n) is 2.06. The highest BCUT2D eigenvalue weighted by Crippen LogP contribution is 2.32. The normalized spacial score (nSPS) is 10.3. The highest BCUT2D eigenvalue weighted by atomic mass is 32.2. The van der Waals surface area contributed by atoms with Crippen molar-refractivity contribution in [2.75, 3.05) is 5.75 Å². The van der Waals surface area contributed by atoms with E-state index in [0.29, 0.717) is 5.69 Å². The van der Waals surface area contributed by atoms with Gasteiger partial charge in [-0.05, 0) is 30.3 Å². The lowest BCUT2D eigenvalue weighted by molar-refractivity contribution is 0.891. The molecule has 98 valence electrons. The third kappa shape index (κ3) is 4.45. The van der Waals surface area contributed by atoms with E-state index in [2.05, 4.69) is 27.3 Å². The minimum Gasteiger partial charge on any atom is -0.191 e. The second-order valence-corrected chi connectivity index (χ2v) is 7.09. The first kappa shape index (κ1) is 14.2. The van der Waals surface area contributed by atoms with Gasteiger partial charge in [0.15, 0.2) is 14.4 Å². The summed E-state index contributed by atoms with van der Waals surface area (Å²) >= 11 is 4.71. The van der Waals surface area contributed by atoms with Crippen LogP contribution in [-0.2, 0) is 0 Å². The van der Waals surface area contributed by atoms with Crippen LogP contribution in [0.3, 0.4) is 0 Å². The van der Waals surface area contributed by atoms with Gasteiger partial charge < -0.3 is 0 Å². The maximum Gasteiger partial charge on any atom is 0.181 e. The standard InChI is InChI=1S/C11H11N5S3/c1-2-3-6-17-10-15-16-11(19-10)18-9-5-4-8(7-12)13-14-9/h4-5H,2-3,6H2,1H3. The molecule has 0 fully saturated rings. The van der Waals surface area contributed by atoms with Crippen LogP contribution in [0.25, 0.3) is 0 Å². The summed E-state index contributed by atoms with van der Waals surface area (Å²) in [6.45, 7) is 2.17. The van der Waals surface area contributed by atoms with Crippen LogP contribution in [-0.4, -0.2) is 26.1 Å². The number of aromatic nitrogens is 4. The quantitative estimate of drug-likeness (QED) is 0.599. The largest absolute Gasteiger partial charge is 0.191 e. The molecule has 0 radical (unpaired) electrons. The molecule has 8 heteroatoms. The first-order chi connectivity index (χ1) is 9.31. The van der Waals surface area contributed by atoms with Crippen molar-refractivity contribution in [3.8, 4) is 6.07 Å². The zero-order valence-electron chi connectivity index (χ0n) is 10.2. The van der Waals surface area contributed by atoms with E-state index in [1.54, 1.807) is 35.2 Å². The maximum atomic E-state index is 8.64. The Labute approximate surface area is 123 Å². The fourth-order valence-corrected chi connectivity index (χ4v) is 4.16. The van der Waals surface area contributed by atoms with Gasteiger partial charge in [-0.2, -0.15) is 5.26 Å². The molecule has 5 nitrogen and oxygen atoms in total. The zero-order valence-corrected chi connectivity index (χ0v) is 12.7. The molecular formula is C11H11N5S3. The molecule has 19 heavy (non-hydrogen) atoms. The summed E-state index contributed by atoms with van der Waals surface area (Å²) in [5.41, 5.74) is 0.317. The third-order valence-corrected chi connectivity index (χ3v) is 5.18. The van der Waals surface area contributed by atoms with E-state index in [1.165, 1.54) is 24.6 Å². The number of rotatable bonds is 6. The van der Waals surface area contributed by atoms with E-state index in [-0.39, 0.29) is 0 Å². The molecule has 0 aliphatic carbocycles. The van der Waals surface area contributed by atoms with Gasteiger partial charge in [0.25, 0.3) is 0 Å². The van der Waals surface area contributed by atoms with Crippen molar-refractivity contribution in [1.82, 2.24) is 20.4 Å². The second-order valence-electron chi connectivity index (χ2n) is 3.51. The van der Waals surface area contributed by atoms with Gasteiger partial charge in [0.2, 0.25) is 0 Å². The molecule has 2 aromatic heterocycles. The Morgan fingerprint density at radius 2 is 2.05 bits per heavy atom. The molecule has 2 rings (SSSR count). The Hall–Kier alpha value is -1.17. The highest BCUT2D eigenvalue weighted by molar-refractivity contribution is 8.03. The predicted molar refractivity (Wildman–Crippen MR) is 76.4 cm³/mol. The van der Waals surface area contributed by atoms with Crippen molar-refractivity contribution in [2.24, 2.45) is 0 Å². The minimum absolute atomic E-state index is 0.317. The molecule has 0 bridgehead atoms. The molecule has 0 aromatic carbocycles. The van der Waals surface area contributed by atoms with E-state index in [1.807, 2.05) is 6.07 Å². The zero-order chi connectivity index (χ0) is 13.5. The van der Waals surface area contributed by atoms with Gasteiger partial charge >= 0.3 is 0 Å². The average Bonchev–Trinajstić information content (AvgIpc) is 2.88. The van der Waals surface area contributed by atoms with Crippen molar-refractivity contribution in [3.05, 3.63) is 17.8 Å². The molecule has 0 saturated carbocycles. The SMILES string of the molecule is CCCCSc1nnc(Sc2ccc(C#N)nn2)s1. The summed E-state index contributed by atoms with van der Waals surface area (Å²) in [7, 11) is 0. The number of nitrogens with zero attached hydrogens (tertiary/aromatic N) is 5. The fourth-order valence-electron chi connectivity index (χ4n) is 1.12. The van der Waals surface area contributed by atoms with Gasteiger partial charge in [-0.15, -0.1) is 20.4 Å².